The lowest BCUT2D eigenvalue weighted by Crippen LogP contribution is -2.29. The van der Waals surface area contributed by atoms with Crippen LogP contribution in [0.15, 0.2) is 59.5 Å². The van der Waals surface area contributed by atoms with E-state index in [0.717, 1.165) is 18.4 Å². The summed E-state index contributed by atoms with van der Waals surface area (Å²) in [5, 5.41) is 11.6. The highest BCUT2D eigenvalue weighted by Crippen LogP contribution is 2.32. The topological polar surface area (TPSA) is 86.7 Å². The Labute approximate surface area is 190 Å². The van der Waals surface area contributed by atoms with Gasteiger partial charge in [0.25, 0.3) is 5.91 Å². The summed E-state index contributed by atoms with van der Waals surface area (Å²) >= 11 is 6.67. The first-order valence-corrected chi connectivity index (χ1v) is 11.1. The molecule has 0 bridgehead atoms. The smallest absolute Gasteiger partial charge is 0.335 e. The zero-order chi connectivity index (χ0) is 22.2. The first kappa shape index (κ1) is 22.7. The molecule has 0 atom stereocenters. The van der Waals surface area contributed by atoms with E-state index in [4.69, 9.17) is 17.3 Å². The summed E-state index contributed by atoms with van der Waals surface area (Å²) in [6.45, 7) is 0.537. The van der Waals surface area contributed by atoms with Crippen LogP contribution in [0.3, 0.4) is 0 Å². The van der Waals surface area contributed by atoms with Gasteiger partial charge in [0.15, 0.2) is 0 Å². The number of aromatic carboxylic acids is 1. The number of thioether (sulfide) groups is 1. The van der Waals surface area contributed by atoms with Crippen LogP contribution in [0.1, 0.15) is 41.6 Å². The summed E-state index contributed by atoms with van der Waals surface area (Å²) in [5.41, 5.74) is 1.71. The van der Waals surface area contributed by atoms with Gasteiger partial charge in [-0.1, -0.05) is 60.7 Å². The van der Waals surface area contributed by atoms with E-state index in [0.29, 0.717) is 34.3 Å². The van der Waals surface area contributed by atoms with Gasteiger partial charge < -0.3 is 10.4 Å². The standard InChI is InChI=1S/C23H22N2O4S2/c26-20(24-18-12-10-17(11-13-18)22(28)29)9-5-2-6-14-25-21(27)19(31-23(25)30)15-16-7-3-1-4-8-16/h1,3-4,7-8,10-13,15H,2,5-6,9,14H2,(H,24,26)(H,28,29). The molecule has 0 saturated carbocycles. The molecule has 0 radical (unpaired) electrons. The third-order valence-electron chi connectivity index (χ3n) is 4.67. The van der Waals surface area contributed by atoms with Crippen molar-refractivity contribution in [3.63, 3.8) is 0 Å². The van der Waals surface area contributed by atoms with Gasteiger partial charge in [-0.3, -0.25) is 14.5 Å². The Morgan fingerprint density at radius 2 is 1.74 bits per heavy atom. The number of carboxylic acids is 1. The number of rotatable bonds is 9. The molecular weight excluding hydrogens is 432 g/mol. The van der Waals surface area contributed by atoms with Gasteiger partial charge in [0.05, 0.1) is 10.5 Å². The number of hydrogen-bond acceptors (Lipinski definition) is 5. The number of carbonyl (C=O) groups is 3. The van der Waals surface area contributed by atoms with Crippen molar-refractivity contribution < 1.29 is 19.5 Å². The number of benzene rings is 2. The molecule has 1 fully saturated rings. The molecule has 0 aromatic heterocycles. The minimum Gasteiger partial charge on any atom is -0.478 e. The SMILES string of the molecule is O=C(CCCCCN1C(=O)C(=Cc2ccccc2)SC1=S)Nc1ccc(C(=O)O)cc1. The molecule has 3 rings (SSSR count). The third kappa shape index (κ3) is 6.50. The summed E-state index contributed by atoms with van der Waals surface area (Å²) in [4.78, 5) is 37.8. The molecule has 2 aromatic carbocycles. The molecule has 1 aliphatic rings. The van der Waals surface area contributed by atoms with E-state index >= 15 is 0 Å². The molecule has 2 N–H and O–H groups in total. The molecule has 0 aliphatic carbocycles. The summed E-state index contributed by atoms with van der Waals surface area (Å²) in [5.74, 6) is -1.20. The maximum absolute atomic E-state index is 12.6. The van der Waals surface area contributed by atoms with Gasteiger partial charge in [0.2, 0.25) is 5.91 Å². The molecule has 6 nitrogen and oxygen atoms in total. The number of nitrogens with zero attached hydrogens (tertiary/aromatic N) is 1. The highest BCUT2D eigenvalue weighted by molar-refractivity contribution is 8.26. The number of carboxylic acid groups (broad SMARTS) is 1. The zero-order valence-corrected chi connectivity index (χ0v) is 18.4. The number of hydrogen-bond donors (Lipinski definition) is 2. The summed E-state index contributed by atoms with van der Waals surface area (Å²) in [6, 6.07) is 15.7. The minimum atomic E-state index is -1.00. The number of anilines is 1. The van der Waals surface area contributed by atoms with Crippen LogP contribution < -0.4 is 5.32 Å². The summed E-state index contributed by atoms with van der Waals surface area (Å²) in [7, 11) is 0. The monoisotopic (exact) mass is 454 g/mol. The van der Waals surface area contributed by atoms with Crippen LogP contribution in [0.4, 0.5) is 5.69 Å². The second-order valence-electron chi connectivity index (χ2n) is 6.99. The highest BCUT2D eigenvalue weighted by Gasteiger charge is 2.31. The first-order chi connectivity index (χ1) is 14.9. The molecule has 160 valence electrons. The van der Waals surface area contributed by atoms with E-state index in [1.54, 1.807) is 17.0 Å². The fourth-order valence-electron chi connectivity index (χ4n) is 3.05. The molecule has 2 aromatic rings. The first-order valence-electron chi connectivity index (χ1n) is 9.87. The predicted molar refractivity (Wildman–Crippen MR) is 127 cm³/mol. The van der Waals surface area contributed by atoms with E-state index in [-0.39, 0.29) is 17.4 Å². The van der Waals surface area contributed by atoms with Gasteiger partial charge in [0, 0.05) is 18.7 Å². The Balaban J connectivity index is 1.39. The average molecular weight is 455 g/mol. The van der Waals surface area contributed by atoms with Crippen LogP contribution in [0.5, 0.6) is 0 Å². The van der Waals surface area contributed by atoms with Crippen molar-refractivity contribution in [2.45, 2.75) is 25.7 Å². The van der Waals surface area contributed by atoms with E-state index in [1.807, 2.05) is 36.4 Å². The van der Waals surface area contributed by atoms with E-state index in [1.165, 1.54) is 23.9 Å². The largest absolute Gasteiger partial charge is 0.478 e. The van der Waals surface area contributed by atoms with E-state index < -0.39 is 5.97 Å². The maximum atomic E-state index is 12.6. The van der Waals surface area contributed by atoms with Crippen LogP contribution in [0.2, 0.25) is 0 Å². The summed E-state index contributed by atoms with van der Waals surface area (Å²) < 4.78 is 0.565. The van der Waals surface area contributed by atoms with Crippen LogP contribution in [-0.4, -0.2) is 38.7 Å². The zero-order valence-electron chi connectivity index (χ0n) is 16.7. The molecule has 0 spiro atoms. The average Bonchev–Trinajstić information content (AvgIpc) is 3.01. The Bertz CT molecular complexity index is 1000. The van der Waals surface area contributed by atoms with Crippen molar-refractivity contribution in [3.05, 3.63) is 70.6 Å². The predicted octanol–water partition coefficient (Wildman–Crippen LogP) is 4.79. The van der Waals surface area contributed by atoms with Crippen molar-refractivity contribution in [3.8, 4) is 0 Å². The molecule has 0 unspecified atom stereocenters. The van der Waals surface area contributed by atoms with Crippen LogP contribution in [-0.2, 0) is 9.59 Å². The number of nitrogens with one attached hydrogen (secondary N) is 1. The van der Waals surface area contributed by atoms with Crippen molar-refractivity contribution >= 4 is 57.8 Å². The number of unbranched alkanes of at least 4 members (excludes halogenated alkanes) is 2. The maximum Gasteiger partial charge on any atom is 0.335 e. The molecule has 1 heterocycles. The van der Waals surface area contributed by atoms with Gasteiger partial charge in [-0.25, -0.2) is 4.79 Å². The molecular formula is C23H22N2O4S2. The molecule has 31 heavy (non-hydrogen) atoms. The Morgan fingerprint density at radius 1 is 1.03 bits per heavy atom. The van der Waals surface area contributed by atoms with Crippen LogP contribution >= 0.6 is 24.0 Å². The Kier molecular flexibility index (Phi) is 7.97. The third-order valence-corrected chi connectivity index (χ3v) is 6.05. The van der Waals surface area contributed by atoms with E-state index in [9.17, 15) is 14.4 Å². The van der Waals surface area contributed by atoms with Gasteiger partial charge in [-0.2, -0.15) is 0 Å². The number of amides is 2. The fraction of sp³-hybridized carbons (Fsp3) is 0.217. The Morgan fingerprint density at radius 3 is 2.42 bits per heavy atom. The lowest BCUT2D eigenvalue weighted by molar-refractivity contribution is -0.122. The van der Waals surface area contributed by atoms with Crippen molar-refractivity contribution in [1.29, 1.82) is 0 Å². The summed E-state index contributed by atoms with van der Waals surface area (Å²) in [6.07, 6.45) is 4.44. The highest BCUT2D eigenvalue weighted by atomic mass is 32.2. The van der Waals surface area contributed by atoms with Gasteiger partial charge in [-0.05, 0) is 48.7 Å². The molecule has 1 saturated heterocycles. The molecule has 2 amide bonds. The van der Waals surface area contributed by atoms with Gasteiger partial charge in [-0.15, -0.1) is 0 Å². The minimum absolute atomic E-state index is 0.0681. The second-order valence-corrected chi connectivity index (χ2v) is 8.66. The van der Waals surface area contributed by atoms with Crippen LogP contribution in [0, 0.1) is 0 Å². The van der Waals surface area contributed by atoms with Crippen molar-refractivity contribution in [2.75, 3.05) is 11.9 Å². The van der Waals surface area contributed by atoms with Gasteiger partial charge >= 0.3 is 5.97 Å². The number of thiocarbonyl (C=S) groups is 1. The lowest BCUT2D eigenvalue weighted by atomic mass is 10.1. The number of carbonyl (C=O) groups excluding carboxylic acids is 2. The van der Waals surface area contributed by atoms with E-state index in [2.05, 4.69) is 5.32 Å². The van der Waals surface area contributed by atoms with Crippen molar-refractivity contribution in [2.24, 2.45) is 0 Å². The lowest BCUT2D eigenvalue weighted by Gasteiger charge is -2.14. The normalized spacial score (nSPS) is 14.8. The molecule has 8 heteroatoms. The van der Waals surface area contributed by atoms with Crippen LogP contribution in [0.25, 0.3) is 6.08 Å². The van der Waals surface area contributed by atoms with Crippen molar-refractivity contribution in [1.82, 2.24) is 4.90 Å². The Hall–Kier alpha value is -2.97. The molecule has 1 aliphatic heterocycles. The second kappa shape index (κ2) is 10.9. The quantitative estimate of drug-likeness (QED) is 0.322. The fourth-order valence-corrected chi connectivity index (χ4v) is 4.35. The van der Waals surface area contributed by atoms with Gasteiger partial charge in [0.1, 0.15) is 4.32 Å².